The topological polar surface area (TPSA) is 82.2 Å². The van der Waals surface area contributed by atoms with E-state index in [9.17, 15) is 9.18 Å². The van der Waals surface area contributed by atoms with Gasteiger partial charge in [0.2, 0.25) is 5.95 Å². The van der Waals surface area contributed by atoms with Crippen molar-refractivity contribution < 1.29 is 18.3 Å². The van der Waals surface area contributed by atoms with Crippen LogP contribution in [0.5, 0.6) is 5.75 Å². The Hall–Kier alpha value is -3.65. The van der Waals surface area contributed by atoms with Crippen LogP contribution in [0.15, 0.2) is 65.3 Å². The number of carbonyl (C=O) groups excluding carboxylic acids is 1. The van der Waals surface area contributed by atoms with Crippen LogP contribution >= 0.6 is 11.6 Å². The van der Waals surface area contributed by atoms with Crippen molar-refractivity contribution in [3.05, 3.63) is 94.4 Å². The maximum absolute atomic E-state index is 13.9. The molecule has 2 aromatic heterocycles. The second kappa shape index (κ2) is 9.65. The Labute approximate surface area is 188 Å². The summed E-state index contributed by atoms with van der Waals surface area (Å²) < 4.78 is 26.6. The number of halogens is 2. The summed E-state index contributed by atoms with van der Waals surface area (Å²) in [4.78, 5) is 16.5. The molecule has 1 N–H and O–H groups in total. The summed E-state index contributed by atoms with van der Waals surface area (Å²) in [5.74, 6) is 0.429. The highest BCUT2D eigenvalue weighted by molar-refractivity contribution is 6.31. The third-order valence-electron chi connectivity index (χ3n) is 4.74. The Kier molecular flexibility index (Phi) is 6.51. The van der Waals surface area contributed by atoms with E-state index < -0.39 is 11.7 Å². The molecule has 0 atom stereocenters. The molecule has 0 aliphatic carbocycles. The van der Waals surface area contributed by atoms with E-state index in [1.807, 2.05) is 24.3 Å². The summed E-state index contributed by atoms with van der Waals surface area (Å²) in [6, 6.07) is 15.4. The lowest BCUT2D eigenvalue weighted by atomic mass is 10.2. The zero-order valence-electron chi connectivity index (χ0n) is 17.2. The third-order valence-corrected chi connectivity index (χ3v) is 5.10. The SMILES string of the molecule is CCc1ccc(OCc2ccc(C(=O)Nc3ncn(Cc4c(F)cccc4Cl)n3)o2)cc1. The highest BCUT2D eigenvalue weighted by atomic mass is 35.5. The van der Waals surface area contributed by atoms with Crippen LogP contribution in [0, 0.1) is 5.82 Å². The van der Waals surface area contributed by atoms with Gasteiger partial charge in [0.05, 0.1) is 6.54 Å². The molecule has 4 rings (SSSR count). The summed E-state index contributed by atoms with van der Waals surface area (Å²) in [5.41, 5.74) is 1.51. The van der Waals surface area contributed by atoms with Crippen LogP contribution in [0.4, 0.5) is 10.3 Å². The maximum atomic E-state index is 13.9. The number of rotatable bonds is 8. The number of carbonyl (C=O) groups is 1. The fourth-order valence-electron chi connectivity index (χ4n) is 2.99. The van der Waals surface area contributed by atoms with Crippen LogP contribution in [-0.2, 0) is 19.6 Å². The van der Waals surface area contributed by atoms with Gasteiger partial charge in [-0.25, -0.2) is 14.1 Å². The average molecular weight is 455 g/mol. The molecule has 2 aromatic carbocycles. The Morgan fingerprint density at radius 3 is 2.75 bits per heavy atom. The molecule has 0 aliphatic rings. The molecule has 2 heterocycles. The van der Waals surface area contributed by atoms with Crippen LogP contribution in [0.3, 0.4) is 0 Å². The largest absolute Gasteiger partial charge is 0.486 e. The fourth-order valence-corrected chi connectivity index (χ4v) is 3.21. The molecule has 9 heteroatoms. The summed E-state index contributed by atoms with van der Waals surface area (Å²) >= 11 is 6.04. The Morgan fingerprint density at radius 2 is 2.00 bits per heavy atom. The lowest BCUT2D eigenvalue weighted by Crippen LogP contribution is -2.13. The number of aryl methyl sites for hydroxylation is 1. The molecular weight excluding hydrogens is 435 g/mol. The number of nitrogens with zero attached hydrogens (tertiary/aromatic N) is 3. The van der Waals surface area contributed by atoms with Crippen molar-refractivity contribution >= 4 is 23.5 Å². The van der Waals surface area contributed by atoms with Crippen molar-refractivity contribution in [2.75, 3.05) is 5.32 Å². The minimum Gasteiger partial charge on any atom is -0.486 e. The van der Waals surface area contributed by atoms with Crippen LogP contribution < -0.4 is 10.1 Å². The maximum Gasteiger partial charge on any atom is 0.293 e. The molecule has 0 unspecified atom stereocenters. The molecular formula is C23H20ClFN4O3. The number of furan rings is 1. The molecule has 0 saturated heterocycles. The second-order valence-electron chi connectivity index (χ2n) is 6.97. The standard InChI is InChI=1S/C23H20ClFN4O3/c1-2-15-6-8-16(9-7-15)31-13-17-10-11-21(32-17)22(30)27-23-26-14-29(28-23)12-18-19(24)4-3-5-20(18)25/h3-11,14H,2,12-13H2,1H3,(H,27,28,30). The molecule has 4 aromatic rings. The molecule has 0 aliphatic heterocycles. The Bertz CT molecular complexity index is 1200. The van der Waals surface area contributed by atoms with Gasteiger partial charge in [0, 0.05) is 10.6 Å². The first-order valence-electron chi connectivity index (χ1n) is 9.96. The predicted octanol–water partition coefficient (Wildman–Crippen LogP) is 5.11. The first-order chi connectivity index (χ1) is 15.5. The van der Waals surface area contributed by atoms with E-state index in [1.165, 1.54) is 28.7 Å². The summed E-state index contributed by atoms with van der Waals surface area (Å²) in [6.45, 7) is 2.36. The molecule has 0 radical (unpaired) electrons. The number of hydrogen-bond donors (Lipinski definition) is 1. The summed E-state index contributed by atoms with van der Waals surface area (Å²) in [5, 5.41) is 6.97. The molecule has 0 fully saturated rings. The minimum atomic E-state index is -0.509. The molecule has 0 saturated carbocycles. The third kappa shape index (κ3) is 5.15. The first-order valence-corrected chi connectivity index (χ1v) is 10.3. The van der Waals surface area contributed by atoms with Crippen LogP contribution in [0.25, 0.3) is 0 Å². The normalized spacial score (nSPS) is 10.8. The van der Waals surface area contributed by atoms with E-state index in [1.54, 1.807) is 18.2 Å². The Morgan fingerprint density at radius 1 is 1.19 bits per heavy atom. The molecule has 32 heavy (non-hydrogen) atoms. The van der Waals surface area contributed by atoms with Crippen LogP contribution in [-0.4, -0.2) is 20.7 Å². The van der Waals surface area contributed by atoms with Crippen molar-refractivity contribution in [2.45, 2.75) is 26.5 Å². The van der Waals surface area contributed by atoms with E-state index in [2.05, 4.69) is 22.3 Å². The van der Waals surface area contributed by atoms with Gasteiger partial charge in [-0.05, 0) is 48.4 Å². The number of amides is 1. The second-order valence-corrected chi connectivity index (χ2v) is 7.38. The minimum absolute atomic E-state index is 0.0627. The number of hydrogen-bond acceptors (Lipinski definition) is 5. The Balaban J connectivity index is 1.34. The quantitative estimate of drug-likeness (QED) is 0.400. The van der Waals surface area contributed by atoms with Gasteiger partial charge in [-0.2, -0.15) is 0 Å². The van der Waals surface area contributed by atoms with E-state index >= 15 is 0 Å². The number of nitrogens with one attached hydrogen (secondary N) is 1. The van der Waals surface area contributed by atoms with Gasteiger partial charge in [0.1, 0.15) is 30.3 Å². The monoisotopic (exact) mass is 454 g/mol. The van der Waals surface area contributed by atoms with Crippen molar-refractivity contribution in [1.82, 2.24) is 14.8 Å². The van der Waals surface area contributed by atoms with Gasteiger partial charge >= 0.3 is 0 Å². The molecule has 0 bridgehead atoms. The summed E-state index contributed by atoms with van der Waals surface area (Å²) in [6.07, 6.45) is 2.34. The number of anilines is 1. The zero-order chi connectivity index (χ0) is 22.5. The van der Waals surface area contributed by atoms with Crippen molar-refractivity contribution in [1.29, 1.82) is 0 Å². The number of ether oxygens (including phenoxy) is 1. The molecule has 7 nitrogen and oxygen atoms in total. The zero-order valence-corrected chi connectivity index (χ0v) is 18.0. The fraction of sp³-hybridized carbons (Fsp3) is 0.174. The van der Waals surface area contributed by atoms with Crippen molar-refractivity contribution in [3.63, 3.8) is 0 Å². The molecule has 164 valence electrons. The van der Waals surface area contributed by atoms with Gasteiger partial charge in [0.25, 0.3) is 5.91 Å². The van der Waals surface area contributed by atoms with E-state index in [0.717, 1.165) is 6.42 Å². The summed E-state index contributed by atoms with van der Waals surface area (Å²) in [7, 11) is 0. The lowest BCUT2D eigenvalue weighted by Gasteiger charge is -2.05. The van der Waals surface area contributed by atoms with Gasteiger partial charge in [0.15, 0.2) is 5.76 Å². The lowest BCUT2D eigenvalue weighted by molar-refractivity contribution is 0.0991. The van der Waals surface area contributed by atoms with E-state index in [-0.39, 0.29) is 35.4 Å². The van der Waals surface area contributed by atoms with Gasteiger partial charge in [-0.15, -0.1) is 5.10 Å². The smallest absolute Gasteiger partial charge is 0.293 e. The highest BCUT2D eigenvalue weighted by Crippen LogP contribution is 2.20. The van der Waals surface area contributed by atoms with Crippen LogP contribution in [0.1, 0.15) is 34.4 Å². The van der Waals surface area contributed by atoms with E-state index in [4.69, 9.17) is 20.8 Å². The van der Waals surface area contributed by atoms with Crippen LogP contribution in [0.2, 0.25) is 5.02 Å². The first kappa shape index (κ1) is 21.6. The predicted molar refractivity (Wildman–Crippen MR) is 117 cm³/mol. The number of aromatic nitrogens is 3. The van der Waals surface area contributed by atoms with Crippen molar-refractivity contribution in [3.8, 4) is 5.75 Å². The average Bonchev–Trinajstić information content (AvgIpc) is 3.45. The highest BCUT2D eigenvalue weighted by Gasteiger charge is 2.15. The van der Waals surface area contributed by atoms with Crippen molar-refractivity contribution in [2.24, 2.45) is 0 Å². The van der Waals surface area contributed by atoms with Gasteiger partial charge in [-0.3, -0.25) is 10.1 Å². The van der Waals surface area contributed by atoms with Gasteiger partial charge < -0.3 is 9.15 Å². The van der Waals surface area contributed by atoms with Gasteiger partial charge in [-0.1, -0.05) is 36.7 Å². The van der Waals surface area contributed by atoms with E-state index in [0.29, 0.717) is 11.5 Å². The molecule has 0 spiro atoms. The molecule has 1 amide bonds. The number of benzene rings is 2.